The number of aromatic nitrogens is 6. The molecular weight excluding hydrogens is 482 g/mol. The molecule has 1 aliphatic rings. The number of hydrogen-bond acceptors (Lipinski definition) is 8. The van der Waals surface area contributed by atoms with Crippen LogP contribution in [0, 0.1) is 0 Å². The molecule has 0 aliphatic carbocycles. The van der Waals surface area contributed by atoms with Crippen LogP contribution < -0.4 is 21.3 Å². The molecule has 0 bridgehead atoms. The number of allylic oxidation sites excluding steroid dienone is 1. The van der Waals surface area contributed by atoms with Crippen molar-refractivity contribution in [1.29, 1.82) is 0 Å². The number of fused-ring (bicyclic) bond motifs is 1. The number of hydrogen-bond donors (Lipinski definition) is 1. The second kappa shape index (κ2) is 10.3. The Bertz CT molecular complexity index is 1580. The summed E-state index contributed by atoms with van der Waals surface area (Å²) >= 11 is 0. The zero-order valence-corrected chi connectivity index (χ0v) is 22.2. The van der Waals surface area contributed by atoms with Crippen molar-refractivity contribution >= 4 is 28.4 Å². The molecule has 0 amide bonds. The number of likely N-dealkylation sites (N-methyl/N-ethyl adjacent to an activating group) is 1. The Morgan fingerprint density at radius 2 is 1.92 bits per heavy atom. The number of benzene rings is 1. The van der Waals surface area contributed by atoms with Gasteiger partial charge in [-0.15, -0.1) is 11.7 Å². The third-order valence-corrected chi connectivity index (χ3v) is 6.88. The van der Waals surface area contributed by atoms with Crippen LogP contribution in [-0.2, 0) is 6.54 Å². The van der Waals surface area contributed by atoms with Crippen molar-refractivity contribution in [3.8, 4) is 5.82 Å². The van der Waals surface area contributed by atoms with Crippen molar-refractivity contribution < 1.29 is 0 Å². The summed E-state index contributed by atoms with van der Waals surface area (Å²) in [5.41, 5.74) is 1.92. The van der Waals surface area contributed by atoms with Crippen molar-refractivity contribution in [3.63, 3.8) is 0 Å². The Hall–Kier alpha value is -4.25. The van der Waals surface area contributed by atoms with Gasteiger partial charge in [0.25, 0.3) is 11.1 Å². The molecule has 1 atom stereocenters. The smallest absolute Gasteiger partial charge is 0.278 e. The summed E-state index contributed by atoms with van der Waals surface area (Å²) in [5, 5.41) is 8.11. The molecule has 11 nitrogen and oxygen atoms in total. The van der Waals surface area contributed by atoms with Gasteiger partial charge in [0, 0.05) is 42.8 Å². The van der Waals surface area contributed by atoms with Gasteiger partial charge in [0.2, 0.25) is 5.95 Å². The maximum absolute atomic E-state index is 13.2. The Kier molecular flexibility index (Phi) is 6.85. The number of nitrogens with one attached hydrogen (secondary N) is 1. The summed E-state index contributed by atoms with van der Waals surface area (Å²) in [4.78, 5) is 39.2. The van der Waals surface area contributed by atoms with Crippen LogP contribution in [0.1, 0.15) is 26.3 Å². The van der Waals surface area contributed by atoms with Crippen LogP contribution in [0.2, 0.25) is 0 Å². The van der Waals surface area contributed by atoms with E-state index in [1.807, 2.05) is 26.0 Å². The minimum atomic E-state index is -0.262. The highest BCUT2D eigenvalue weighted by molar-refractivity contribution is 5.77. The second-order valence-electron chi connectivity index (χ2n) is 10.0. The molecule has 1 fully saturated rings. The normalized spacial score (nSPS) is 15.6. The van der Waals surface area contributed by atoms with Crippen LogP contribution in [0.5, 0.6) is 0 Å². The third-order valence-electron chi connectivity index (χ3n) is 6.88. The third kappa shape index (κ3) is 4.72. The Labute approximate surface area is 220 Å². The van der Waals surface area contributed by atoms with Gasteiger partial charge < -0.3 is 15.1 Å². The maximum atomic E-state index is 13.2. The van der Waals surface area contributed by atoms with Crippen LogP contribution in [0.15, 0.2) is 64.8 Å². The molecule has 3 aromatic heterocycles. The Morgan fingerprint density at radius 3 is 2.58 bits per heavy atom. The first-order valence-electron chi connectivity index (χ1n) is 12.7. The summed E-state index contributed by atoms with van der Waals surface area (Å²) in [6.45, 7) is 9.82. The van der Waals surface area contributed by atoms with E-state index in [0.29, 0.717) is 28.8 Å². The fraction of sp³-hybridized carbons (Fsp3) is 0.370. The van der Waals surface area contributed by atoms with E-state index in [1.165, 1.54) is 27.3 Å². The molecule has 4 heterocycles. The van der Waals surface area contributed by atoms with E-state index < -0.39 is 0 Å². The van der Waals surface area contributed by atoms with E-state index in [-0.39, 0.29) is 23.7 Å². The van der Waals surface area contributed by atoms with Crippen molar-refractivity contribution in [1.82, 2.24) is 34.0 Å². The number of nitrogens with zero attached hydrogens (tertiary/aromatic N) is 8. The lowest BCUT2D eigenvalue weighted by atomic mass is 10.2. The second-order valence-corrected chi connectivity index (χ2v) is 10.0. The predicted octanol–water partition coefficient (Wildman–Crippen LogP) is 2.79. The molecule has 0 radical (unpaired) electrons. The molecule has 1 aliphatic heterocycles. The van der Waals surface area contributed by atoms with Gasteiger partial charge in [0.1, 0.15) is 5.39 Å². The fourth-order valence-corrected chi connectivity index (χ4v) is 4.79. The Morgan fingerprint density at radius 1 is 1.16 bits per heavy atom. The highest BCUT2D eigenvalue weighted by Crippen LogP contribution is 2.25. The monoisotopic (exact) mass is 515 g/mol. The molecule has 1 saturated heterocycles. The van der Waals surface area contributed by atoms with Crippen molar-refractivity contribution in [2.45, 2.75) is 38.9 Å². The Balaban J connectivity index is 1.49. The minimum absolute atomic E-state index is 0.145. The summed E-state index contributed by atoms with van der Waals surface area (Å²) in [6.07, 6.45) is 4.30. The van der Waals surface area contributed by atoms with Gasteiger partial charge in [-0.05, 0) is 64.7 Å². The average molecular weight is 516 g/mol. The first-order chi connectivity index (χ1) is 18.3. The molecule has 0 spiro atoms. The van der Waals surface area contributed by atoms with E-state index in [0.717, 1.165) is 25.2 Å². The number of rotatable bonds is 8. The molecule has 0 saturated carbocycles. The quantitative estimate of drug-likeness (QED) is 0.357. The zero-order valence-electron chi connectivity index (χ0n) is 22.2. The molecule has 11 heteroatoms. The van der Waals surface area contributed by atoms with E-state index in [9.17, 15) is 9.59 Å². The van der Waals surface area contributed by atoms with Gasteiger partial charge in [-0.25, -0.2) is 19.0 Å². The van der Waals surface area contributed by atoms with Crippen LogP contribution in [0.3, 0.4) is 0 Å². The standard InChI is InChI=1S/C27H33N9O2/c1-6-14-34-26(38)22-16-28-27(30-25(22)36(34)23-11-12-24(37)35(31-23)18(2)3)29-19-7-9-20(10-8-19)33-15-13-21(17-33)32(4)5/h6-12,16,18,21H,1,13-15,17H2,2-5H3,(H,28,29,30)/t21-/m0/s1. The zero-order chi connectivity index (χ0) is 27.0. The molecular formula is C27H33N9O2. The summed E-state index contributed by atoms with van der Waals surface area (Å²) in [5.74, 6) is 0.753. The van der Waals surface area contributed by atoms with Crippen LogP contribution in [-0.4, -0.2) is 67.2 Å². The van der Waals surface area contributed by atoms with Crippen LogP contribution in [0.4, 0.5) is 17.3 Å². The molecule has 4 aromatic rings. The lowest BCUT2D eigenvalue weighted by molar-refractivity contribution is 0.315. The molecule has 198 valence electrons. The summed E-state index contributed by atoms with van der Waals surface area (Å²) < 4.78 is 4.48. The topological polar surface area (TPSA) is 106 Å². The lowest BCUT2D eigenvalue weighted by Gasteiger charge is -2.22. The predicted molar refractivity (Wildman–Crippen MR) is 150 cm³/mol. The lowest BCUT2D eigenvalue weighted by Crippen LogP contribution is -2.31. The SMILES string of the molecule is C=CCn1c(=O)c2cnc(Nc3ccc(N4CC[C@H](N(C)C)C4)cc3)nc2n1-c1ccc(=O)n(C(C)C)n1. The first kappa shape index (κ1) is 25.4. The van der Waals surface area contributed by atoms with Gasteiger partial charge in [-0.2, -0.15) is 4.98 Å². The molecule has 1 N–H and O–H groups in total. The van der Waals surface area contributed by atoms with Crippen molar-refractivity contribution in [3.05, 3.63) is 76.0 Å². The highest BCUT2D eigenvalue weighted by Gasteiger charge is 2.24. The minimum Gasteiger partial charge on any atom is -0.370 e. The average Bonchev–Trinajstić information content (AvgIpc) is 3.49. The van der Waals surface area contributed by atoms with Gasteiger partial charge in [0.05, 0.1) is 12.6 Å². The first-order valence-corrected chi connectivity index (χ1v) is 12.7. The van der Waals surface area contributed by atoms with E-state index in [1.54, 1.807) is 16.8 Å². The van der Waals surface area contributed by atoms with Crippen LogP contribution in [0.25, 0.3) is 16.9 Å². The van der Waals surface area contributed by atoms with Gasteiger partial charge >= 0.3 is 0 Å². The molecule has 0 unspecified atom stereocenters. The largest absolute Gasteiger partial charge is 0.370 e. The maximum Gasteiger partial charge on any atom is 0.278 e. The van der Waals surface area contributed by atoms with Gasteiger partial charge in [-0.3, -0.25) is 9.59 Å². The van der Waals surface area contributed by atoms with E-state index in [2.05, 4.69) is 63.0 Å². The number of anilines is 3. The summed E-state index contributed by atoms with van der Waals surface area (Å²) in [6, 6.07) is 11.6. The van der Waals surface area contributed by atoms with Crippen LogP contribution >= 0.6 is 0 Å². The van der Waals surface area contributed by atoms with Gasteiger partial charge in [-0.1, -0.05) is 6.08 Å². The fourth-order valence-electron chi connectivity index (χ4n) is 4.79. The van der Waals surface area contributed by atoms with Crippen molar-refractivity contribution in [2.24, 2.45) is 0 Å². The van der Waals surface area contributed by atoms with Crippen molar-refractivity contribution in [2.75, 3.05) is 37.4 Å². The molecule has 1 aromatic carbocycles. The van der Waals surface area contributed by atoms with Gasteiger partial charge in [0.15, 0.2) is 11.5 Å². The van der Waals surface area contributed by atoms with E-state index >= 15 is 0 Å². The van der Waals surface area contributed by atoms with E-state index in [4.69, 9.17) is 0 Å². The molecule has 5 rings (SSSR count). The molecule has 38 heavy (non-hydrogen) atoms. The highest BCUT2D eigenvalue weighted by atomic mass is 16.1. The summed E-state index contributed by atoms with van der Waals surface area (Å²) in [7, 11) is 4.25.